The van der Waals surface area contributed by atoms with Crippen LogP contribution in [0, 0.1) is 0 Å². The summed E-state index contributed by atoms with van der Waals surface area (Å²) in [7, 11) is 2.12. The summed E-state index contributed by atoms with van der Waals surface area (Å²) < 4.78 is 39.2. The van der Waals surface area contributed by atoms with E-state index in [-0.39, 0.29) is 0 Å². The number of thiazole rings is 1. The second-order valence-corrected chi connectivity index (χ2v) is 8.43. The van der Waals surface area contributed by atoms with E-state index in [1.165, 1.54) is 6.07 Å². The van der Waals surface area contributed by atoms with Crippen molar-refractivity contribution in [2.45, 2.75) is 6.18 Å². The Morgan fingerprint density at radius 1 is 1.00 bits per heavy atom. The number of hydrogen-bond donors (Lipinski definition) is 2. The molecule has 1 fully saturated rings. The van der Waals surface area contributed by atoms with Crippen LogP contribution in [-0.2, 0) is 6.18 Å². The van der Waals surface area contributed by atoms with Crippen molar-refractivity contribution in [3.8, 4) is 0 Å². The smallest absolute Gasteiger partial charge is 0.369 e. The van der Waals surface area contributed by atoms with E-state index in [0.29, 0.717) is 21.3 Å². The van der Waals surface area contributed by atoms with Gasteiger partial charge in [0.15, 0.2) is 5.13 Å². The summed E-state index contributed by atoms with van der Waals surface area (Å²) >= 11 is 1.16. The second-order valence-electron chi connectivity index (χ2n) is 7.40. The molecule has 0 saturated carbocycles. The van der Waals surface area contributed by atoms with E-state index >= 15 is 0 Å². The quantitative estimate of drug-likeness (QED) is 0.492. The molecule has 0 unspecified atom stereocenters. The number of hydrogen-bond acceptors (Lipinski definition) is 6. The number of benzene rings is 2. The van der Waals surface area contributed by atoms with E-state index in [2.05, 4.69) is 49.2 Å². The second kappa shape index (κ2) is 7.13. The SMILES string of the molecule is CN1CCN(c2ccc3[nH]c(Nc4nc5ccc(C(F)(F)F)cc5s4)nc3c2)CC1. The first-order chi connectivity index (χ1) is 14.3. The summed E-state index contributed by atoms with van der Waals surface area (Å²) in [5.74, 6) is 0.510. The standard InChI is InChI=1S/C20H19F3N6S/c1-28-6-8-29(9-7-28)13-3-5-14-16(11-13)25-18(24-14)27-19-26-15-4-2-12(20(21,22)23)10-17(15)30-19/h2-5,10-11H,6-9H2,1H3,(H2,24,25,26,27). The summed E-state index contributed by atoms with van der Waals surface area (Å²) in [6.07, 6.45) is -4.37. The number of imidazole rings is 1. The molecule has 6 nitrogen and oxygen atoms in total. The van der Waals surface area contributed by atoms with Crippen LogP contribution < -0.4 is 10.2 Å². The minimum atomic E-state index is -4.37. The topological polar surface area (TPSA) is 60.1 Å². The van der Waals surface area contributed by atoms with Gasteiger partial charge in [-0.25, -0.2) is 9.97 Å². The van der Waals surface area contributed by atoms with Gasteiger partial charge in [-0.2, -0.15) is 13.2 Å². The number of fused-ring (bicyclic) bond motifs is 2. The Balaban J connectivity index is 1.38. The highest BCUT2D eigenvalue weighted by molar-refractivity contribution is 7.22. The van der Waals surface area contributed by atoms with Crippen LogP contribution in [0.25, 0.3) is 21.3 Å². The van der Waals surface area contributed by atoms with Crippen molar-refractivity contribution in [3.05, 3.63) is 42.0 Å². The number of aromatic amines is 1. The number of rotatable bonds is 3. The lowest BCUT2D eigenvalue weighted by Gasteiger charge is -2.34. The summed E-state index contributed by atoms with van der Waals surface area (Å²) in [4.78, 5) is 16.8. The van der Waals surface area contributed by atoms with Crippen LogP contribution >= 0.6 is 11.3 Å². The number of nitrogens with one attached hydrogen (secondary N) is 2. The van der Waals surface area contributed by atoms with Gasteiger partial charge in [0.05, 0.1) is 26.8 Å². The number of H-pyrrole nitrogens is 1. The zero-order valence-corrected chi connectivity index (χ0v) is 16.9. The van der Waals surface area contributed by atoms with Crippen LogP contribution in [0.15, 0.2) is 36.4 Å². The van der Waals surface area contributed by atoms with Crippen molar-refractivity contribution in [3.63, 3.8) is 0 Å². The molecule has 0 amide bonds. The molecule has 1 aliphatic rings. The van der Waals surface area contributed by atoms with Gasteiger partial charge in [0.1, 0.15) is 0 Å². The van der Waals surface area contributed by atoms with E-state index in [4.69, 9.17) is 0 Å². The maximum absolute atomic E-state index is 12.9. The lowest BCUT2D eigenvalue weighted by atomic mass is 10.2. The van der Waals surface area contributed by atoms with Crippen molar-refractivity contribution in [2.75, 3.05) is 43.4 Å². The highest BCUT2D eigenvalue weighted by Gasteiger charge is 2.30. The molecule has 30 heavy (non-hydrogen) atoms. The fraction of sp³-hybridized carbons (Fsp3) is 0.300. The summed E-state index contributed by atoms with van der Waals surface area (Å²) in [5, 5.41) is 3.57. The third kappa shape index (κ3) is 3.68. The molecule has 0 radical (unpaired) electrons. The Kier molecular flexibility index (Phi) is 4.55. The molecule has 10 heteroatoms. The molecular weight excluding hydrogens is 413 g/mol. The lowest BCUT2D eigenvalue weighted by molar-refractivity contribution is -0.137. The molecule has 0 spiro atoms. The van der Waals surface area contributed by atoms with E-state index in [1.807, 2.05) is 6.07 Å². The van der Waals surface area contributed by atoms with Gasteiger partial charge in [-0.1, -0.05) is 11.3 Å². The van der Waals surface area contributed by atoms with E-state index in [1.54, 1.807) is 0 Å². The van der Waals surface area contributed by atoms with Crippen molar-refractivity contribution in [1.29, 1.82) is 0 Å². The number of likely N-dealkylation sites (N-methyl/N-ethyl adjacent to an activating group) is 1. The van der Waals surface area contributed by atoms with Crippen LogP contribution in [0.5, 0.6) is 0 Å². The first-order valence-corrected chi connectivity index (χ1v) is 10.3. The normalized spacial score (nSPS) is 15.9. The molecule has 156 valence electrons. The number of anilines is 3. The maximum Gasteiger partial charge on any atom is 0.416 e. The monoisotopic (exact) mass is 432 g/mol. The van der Waals surface area contributed by atoms with Crippen LogP contribution in [-0.4, -0.2) is 53.1 Å². The molecule has 5 rings (SSSR count). The summed E-state index contributed by atoms with van der Waals surface area (Å²) in [5.41, 5.74) is 2.69. The summed E-state index contributed by atoms with van der Waals surface area (Å²) in [6, 6.07) is 9.68. The molecule has 0 bridgehead atoms. The van der Waals surface area contributed by atoms with Crippen LogP contribution in [0.1, 0.15) is 5.56 Å². The van der Waals surface area contributed by atoms with Crippen LogP contribution in [0.2, 0.25) is 0 Å². The molecule has 4 aromatic rings. The largest absolute Gasteiger partial charge is 0.416 e. The van der Waals surface area contributed by atoms with Gasteiger partial charge in [-0.3, -0.25) is 0 Å². The average Bonchev–Trinajstić information content (AvgIpc) is 3.29. The Morgan fingerprint density at radius 2 is 1.80 bits per heavy atom. The van der Waals surface area contributed by atoms with Gasteiger partial charge < -0.3 is 20.1 Å². The molecule has 0 atom stereocenters. The number of nitrogens with zero attached hydrogens (tertiary/aromatic N) is 4. The predicted molar refractivity (Wildman–Crippen MR) is 114 cm³/mol. The summed E-state index contributed by atoms with van der Waals surface area (Å²) in [6.45, 7) is 4.00. The van der Waals surface area contributed by atoms with Crippen LogP contribution in [0.4, 0.5) is 29.9 Å². The first-order valence-electron chi connectivity index (χ1n) is 9.53. The van der Waals surface area contributed by atoms with E-state index < -0.39 is 11.7 Å². The maximum atomic E-state index is 12.9. The highest BCUT2D eigenvalue weighted by atomic mass is 32.1. The fourth-order valence-corrected chi connectivity index (χ4v) is 4.47. The van der Waals surface area contributed by atoms with Gasteiger partial charge in [-0.15, -0.1) is 0 Å². The Morgan fingerprint density at radius 3 is 2.57 bits per heavy atom. The first kappa shape index (κ1) is 19.1. The van der Waals surface area contributed by atoms with Gasteiger partial charge in [0.25, 0.3) is 0 Å². The number of piperazine rings is 1. The number of halogens is 3. The predicted octanol–water partition coefficient (Wildman–Crippen LogP) is 4.69. The van der Waals surface area contributed by atoms with Crippen LogP contribution in [0.3, 0.4) is 0 Å². The molecule has 1 saturated heterocycles. The average molecular weight is 432 g/mol. The zero-order chi connectivity index (χ0) is 20.9. The van der Waals surface area contributed by atoms with Gasteiger partial charge in [0.2, 0.25) is 5.95 Å². The van der Waals surface area contributed by atoms with Gasteiger partial charge in [-0.05, 0) is 43.4 Å². The highest BCUT2D eigenvalue weighted by Crippen LogP contribution is 2.35. The minimum absolute atomic E-state index is 0.473. The Bertz CT molecular complexity index is 1210. The Hall–Kier alpha value is -2.85. The molecule has 0 aliphatic carbocycles. The third-order valence-corrected chi connectivity index (χ3v) is 6.21. The van der Waals surface area contributed by atoms with Crippen molar-refractivity contribution in [1.82, 2.24) is 19.9 Å². The third-order valence-electron chi connectivity index (χ3n) is 5.28. The molecule has 2 N–H and O–H groups in total. The number of aromatic nitrogens is 3. The molecule has 2 aromatic heterocycles. The van der Waals surface area contributed by atoms with E-state index in [9.17, 15) is 13.2 Å². The fourth-order valence-electron chi connectivity index (χ4n) is 3.57. The molecular formula is C20H19F3N6S. The van der Waals surface area contributed by atoms with Gasteiger partial charge >= 0.3 is 6.18 Å². The van der Waals surface area contributed by atoms with Gasteiger partial charge in [0, 0.05) is 31.9 Å². The zero-order valence-electron chi connectivity index (χ0n) is 16.1. The molecule has 1 aliphatic heterocycles. The lowest BCUT2D eigenvalue weighted by Crippen LogP contribution is -2.44. The van der Waals surface area contributed by atoms with Crippen molar-refractivity contribution >= 4 is 49.4 Å². The van der Waals surface area contributed by atoms with Crippen molar-refractivity contribution < 1.29 is 13.2 Å². The van der Waals surface area contributed by atoms with E-state index in [0.717, 1.165) is 66.4 Å². The Labute approximate surface area is 174 Å². The molecule has 3 heterocycles. The van der Waals surface area contributed by atoms with Crippen molar-refractivity contribution in [2.24, 2.45) is 0 Å². The minimum Gasteiger partial charge on any atom is -0.369 e. The number of alkyl halides is 3. The molecule has 2 aromatic carbocycles.